The first-order valence-electron chi connectivity index (χ1n) is 5.60. The molecule has 84 valence electrons. The van der Waals surface area contributed by atoms with E-state index in [1.165, 1.54) is 26.4 Å². The summed E-state index contributed by atoms with van der Waals surface area (Å²) in [6, 6.07) is 0. The number of hydrogen-bond donors (Lipinski definition) is 0. The van der Waals surface area contributed by atoms with Gasteiger partial charge in [-0.05, 0) is 38.0 Å². The van der Waals surface area contributed by atoms with E-state index >= 15 is 0 Å². The Morgan fingerprint density at radius 2 is 2.33 bits per heavy atom. The molecule has 0 amide bonds. The molecule has 0 radical (unpaired) electrons. The van der Waals surface area contributed by atoms with Crippen LogP contribution in [0.4, 0.5) is 4.79 Å². The molecular formula is C12H18O3. The number of allylic oxidation sites excluding steroid dienone is 2. The minimum Gasteiger partial charge on any atom is -0.438 e. The lowest BCUT2D eigenvalue weighted by atomic mass is 9.85. The van der Waals surface area contributed by atoms with Crippen molar-refractivity contribution in [2.75, 3.05) is 13.7 Å². The highest BCUT2D eigenvalue weighted by Crippen LogP contribution is 2.51. The van der Waals surface area contributed by atoms with Crippen LogP contribution in [0, 0.1) is 17.8 Å². The van der Waals surface area contributed by atoms with Crippen molar-refractivity contribution in [3.05, 3.63) is 11.6 Å². The van der Waals surface area contributed by atoms with Crippen LogP contribution in [0.25, 0.3) is 0 Å². The fourth-order valence-electron chi connectivity index (χ4n) is 3.10. The van der Waals surface area contributed by atoms with Crippen LogP contribution in [-0.4, -0.2) is 19.9 Å². The first-order valence-corrected chi connectivity index (χ1v) is 5.60. The molecule has 0 aromatic carbocycles. The molecule has 3 nitrogen and oxygen atoms in total. The van der Waals surface area contributed by atoms with Crippen molar-refractivity contribution in [2.24, 2.45) is 17.8 Å². The van der Waals surface area contributed by atoms with Crippen molar-refractivity contribution in [3.8, 4) is 0 Å². The summed E-state index contributed by atoms with van der Waals surface area (Å²) in [7, 11) is 1.35. The summed E-state index contributed by atoms with van der Waals surface area (Å²) in [6.07, 6.45) is 5.43. The van der Waals surface area contributed by atoms with Crippen molar-refractivity contribution in [2.45, 2.75) is 26.2 Å². The van der Waals surface area contributed by atoms with Crippen LogP contribution in [0.5, 0.6) is 0 Å². The van der Waals surface area contributed by atoms with Gasteiger partial charge in [-0.2, -0.15) is 0 Å². The molecule has 0 heterocycles. The van der Waals surface area contributed by atoms with E-state index in [0.717, 1.165) is 5.92 Å². The first-order chi connectivity index (χ1) is 7.24. The van der Waals surface area contributed by atoms with E-state index in [9.17, 15) is 4.79 Å². The molecule has 0 spiro atoms. The van der Waals surface area contributed by atoms with Crippen LogP contribution in [0.1, 0.15) is 26.2 Å². The van der Waals surface area contributed by atoms with Crippen molar-refractivity contribution in [1.82, 2.24) is 0 Å². The Hall–Kier alpha value is -0.990. The third-order valence-corrected chi connectivity index (χ3v) is 3.75. The number of rotatable bonds is 2. The van der Waals surface area contributed by atoms with Crippen molar-refractivity contribution < 1.29 is 14.3 Å². The Bertz CT molecular complexity index is 283. The van der Waals surface area contributed by atoms with Crippen molar-refractivity contribution in [3.63, 3.8) is 0 Å². The summed E-state index contributed by atoms with van der Waals surface area (Å²) in [5, 5.41) is 0. The lowest BCUT2D eigenvalue weighted by Gasteiger charge is -2.23. The Balaban J connectivity index is 1.87. The number of carbonyl (C=O) groups excluding carboxylic acids is 1. The summed E-state index contributed by atoms with van der Waals surface area (Å²) in [6.45, 7) is 2.62. The van der Waals surface area contributed by atoms with E-state index in [-0.39, 0.29) is 0 Å². The van der Waals surface area contributed by atoms with Gasteiger partial charge in [-0.25, -0.2) is 4.79 Å². The Labute approximate surface area is 90.4 Å². The van der Waals surface area contributed by atoms with E-state index in [2.05, 4.69) is 17.7 Å². The second-order valence-electron chi connectivity index (χ2n) is 4.54. The van der Waals surface area contributed by atoms with Crippen LogP contribution in [-0.2, 0) is 9.47 Å². The topological polar surface area (TPSA) is 35.5 Å². The quantitative estimate of drug-likeness (QED) is 0.519. The predicted molar refractivity (Wildman–Crippen MR) is 56.4 cm³/mol. The number of fused-ring (bicyclic) bond motifs is 2. The zero-order valence-corrected chi connectivity index (χ0v) is 9.36. The summed E-state index contributed by atoms with van der Waals surface area (Å²) in [4.78, 5) is 10.9. The molecule has 0 aromatic heterocycles. The Morgan fingerprint density at radius 1 is 1.53 bits per heavy atom. The summed E-state index contributed by atoms with van der Waals surface area (Å²) in [5.74, 6) is 2.01. The normalized spacial score (nSPS) is 35.9. The average molecular weight is 210 g/mol. The number of carbonyl (C=O) groups is 1. The minimum absolute atomic E-state index is 0.519. The maximum atomic E-state index is 10.9. The van der Waals surface area contributed by atoms with Gasteiger partial charge in [0.05, 0.1) is 13.7 Å². The molecule has 2 aliphatic rings. The molecule has 0 N–H and O–H groups in total. The average Bonchev–Trinajstić information content (AvgIpc) is 2.84. The smallest absolute Gasteiger partial charge is 0.438 e. The second kappa shape index (κ2) is 4.25. The molecular weight excluding hydrogens is 192 g/mol. The molecule has 2 aliphatic carbocycles. The van der Waals surface area contributed by atoms with E-state index in [4.69, 9.17) is 4.74 Å². The van der Waals surface area contributed by atoms with Crippen LogP contribution in [0.2, 0.25) is 0 Å². The monoisotopic (exact) mass is 210 g/mol. The van der Waals surface area contributed by atoms with Crippen molar-refractivity contribution >= 4 is 6.16 Å². The molecule has 3 heteroatoms. The van der Waals surface area contributed by atoms with Gasteiger partial charge in [0.15, 0.2) is 0 Å². The van der Waals surface area contributed by atoms with Gasteiger partial charge < -0.3 is 9.47 Å². The highest BCUT2D eigenvalue weighted by Gasteiger charge is 2.42. The molecule has 0 aromatic rings. The van der Waals surface area contributed by atoms with Gasteiger partial charge in [-0.15, -0.1) is 0 Å². The van der Waals surface area contributed by atoms with E-state index in [1.807, 2.05) is 0 Å². The molecule has 2 bridgehead atoms. The summed E-state index contributed by atoms with van der Waals surface area (Å²) >= 11 is 0. The number of methoxy groups -OCH3 is 1. The van der Waals surface area contributed by atoms with Gasteiger partial charge in [0.2, 0.25) is 0 Å². The van der Waals surface area contributed by atoms with Crippen molar-refractivity contribution in [1.29, 1.82) is 0 Å². The lowest BCUT2D eigenvalue weighted by molar-refractivity contribution is 0.0549. The van der Waals surface area contributed by atoms with Gasteiger partial charge in [-0.1, -0.05) is 11.6 Å². The maximum absolute atomic E-state index is 10.9. The molecule has 3 unspecified atom stereocenters. The fourth-order valence-corrected chi connectivity index (χ4v) is 3.10. The van der Waals surface area contributed by atoms with E-state index < -0.39 is 6.16 Å². The van der Waals surface area contributed by atoms with E-state index in [1.54, 1.807) is 5.57 Å². The van der Waals surface area contributed by atoms with Gasteiger partial charge >= 0.3 is 6.16 Å². The SMILES string of the molecule is CC=C1CC2CC(COC(=O)OC)C1C2. The molecule has 0 saturated heterocycles. The van der Waals surface area contributed by atoms with Gasteiger partial charge in [-0.3, -0.25) is 0 Å². The molecule has 15 heavy (non-hydrogen) atoms. The van der Waals surface area contributed by atoms with E-state index in [0.29, 0.717) is 18.4 Å². The van der Waals surface area contributed by atoms with Gasteiger partial charge in [0.1, 0.15) is 0 Å². The highest BCUT2D eigenvalue weighted by molar-refractivity contribution is 5.59. The largest absolute Gasteiger partial charge is 0.507 e. The van der Waals surface area contributed by atoms with Gasteiger partial charge in [0, 0.05) is 5.92 Å². The zero-order chi connectivity index (χ0) is 10.8. The summed E-state index contributed by atoms with van der Waals surface area (Å²) < 4.78 is 9.50. The number of hydrogen-bond acceptors (Lipinski definition) is 3. The predicted octanol–water partition coefficient (Wildman–Crippen LogP) is 2.76. The third-order valence-electron chi connectivity index (χ3n) is 3.75. The van der Waals surface area contributed by atoms with Crippen LogP contribution in [0.15, 0.2) is 11.6 Å². The Morgan fingerprint density at radius 3 is 2.93 bits per heavy atom. The third kappa shape index (κ3) is 2.01. The Kier molecular flexibility index (Phi) is 2.98. The maximum Gasteiger partial charge on any atom is 0.507 e. The standard InChI is InChI=1S/C12H18O3/c1-3-9-4-8-5-10(11(9)6-8)7-15-12(13)14-2/h3,8,10-11H,4-7H2,1-2H3. The molecule has 0 aliphatic heterocycles. The molecule has 3 atom stereocenters. The zero-order valence-electron chi connectivity index (χ0n) is 9.36. The number of ether oxygens (including phenoxy) is 2. The van der Waals surface area contributed by atoms with Crippen LogP contribution >= 0.6 is 0 Å². The molecule has 2 rings (SSSR count). The highest BCUT2D eigenvalue weighted by atomic mass is 16.7. The fraction of sp³-hybridized carbons (Fsp3) is 0.750. The first kappa shape index (κ1) is 10.5. The van der Waals surface area contributed by atoms with Gasteiger partial charge in [0.25, 0.3) is 0 Å². The lowest BCUT2D eigenvalue weighted by Crippen LogP contribution is -2.20. The second-order valence-corrected chi connectivity index (χ2v) is 4.54. The summed E-state index contributed by atoms with van der Waals surface area (Å²) in [5.41, 5.74) is 1.56. The van der Waals surface area contributed by atoms with Crippen LogP contribution in [0.3, 0.4) is 0 Å². The minimum atomic E-state index is -0.556. The molecule has 2 saturated carbocycles. The van der Waals surface area contributed by atoms with Crippen LogP contribution < -0.4 is 0 Å². The molecule has 2 fully saturated rings.